The maximum absolute atomic E-state index is 9.05. The summed E-state index contributed by atoms with van der Waals surface area (Å²) in [7, 11) is 7.91. The standard InChI is InChI=1S/C6H13NO2.C3H9N/c1-7-3-6(9)2-5(7)4-8;1-4(2)3/h5-6,8-9H,2-4H2,1H3;1-3H3. The summed E-state index contributed by atoms with van der Waals surface area (Å²) < 4.78 is 0. The van der Waals surface area contributed by atoms with E-state index in [-0.39, 0.29) is 18.8 Å². The summed E-state index contributed by atoms with van der Waals surface area (Å²) in [6.07, 6.45) is 0.486. The molecule has 0 aromatic carbocycles. The molecule has 4 heteroatoms. The number of hydrogen-bond acceptors (Lipinski definition) is 4. The van der Waals surface area contributed by atoms with Crippen molar-refractivity contribution in [3.8, 4) is 0 Å². The Labute approximate surface area is 80.8 Å². The highest BCUT2D eigenvalue weighted by Crippen LogP contribution is 2.13. The fraction of sp³-hybridized carbons (Fsp3) is 1.00. The summed E-state index contributed by atoms with van der Waals surface area (Å²) in [4.78, 5) is 3.98. The molecule has 0 aromatic heterocycles. The van der Waals surface area contributed by atoms with Crippen molar-refractivity contribution in [1.82, 2.24) is 9.80 Å². The Balaban J connectivity index is 0.000000310. The molecule has 1 aliphatic rings. The minimum Gasteiger partial charge on any atom is -0.395 e. The number of likely N-dealkylation sites (tertiary alicyclic amines) is 1. The van der Waals surface area contributed by atoms with Gasteiger partial charge in [0.25, 0.3) is 0 Å². The molecule has 0 amide bonds. The van der Waals surface area contributed by atoms with Crippen LogP contribution in [0.15, 0.2) is 0 Å². The Bertz CT molecular complexity index is 128. The first-order valence-electron chi connectivity index (χ1n) is 4.57. The second-order valence-corrected chi connectivity index (χ2v) is 4.01. The van der Waals surface area contributed by atoms with Gasteiger partial charge < -0.3 is 15.1 Å². The van der Waals surface area contributed by atoms with Crippen molar-refractivity contribution < 1.29 is 10.2 Å². The number of rotatable bonds is 1. The molecule has 2 atom stereocenters. The van der Waals surface area contributed by atoms with Gasteiger partial charge in [-0.1, -0.05) is 0 Å². The van der Waals surface area contributed by atoms with Gasteiger partial charge in [-0.05, 0) is 34.6 Å². The maximum Gasteiger partial charge on any atom is 0.0682 e. The first kappa shape index (κ1) is 12.8. The van der Waals surface area contributed by atoms with Gasteiger partial charge in [-0.2, -0.15) is 0 Å². The minimum absolute atomic E-state index is 0.160. The molecule has 0 spiro atoms. The quantitative estimate of drug-likeness (QED) is 0.569. The highest BCUT2D eigenvalue weighted by Gasteiger charge is 2.26. The van der Waals surface area contributed by atoms with E-state index in [0.717, 1.165) is 0 Å². The van der Waals surface area contributed by atoms with Gasteiger partial charge in [0.1, 0.15) is 0 Å². The molecule has 1 heterocycles. The van der Waals surface area contributed by atoms with Crippen LogP contribution in [0.1, 0.15) is 6.42 Å². The van der Waals surface area contributed by atoms with Gasteiger partial charge in [0.2, 0.25) is 0 Å². The van der Waals surface area contributed by atoms with Crippen LogP contribution in [-0.4, -0.2) is 73.5 Å². The maximum atomic E-state index is 9.05. The summed E-state index contributed by atoms with van der Waals surface area (Å²) in [6, 6.07) is 0.181. The molecule has 4 nitrogen and oxygen atoms in total. The van der Waals surface area contributed by atoms with Crippen molar-refractivity contribution in [2.75, 3.05) is 41.3 Å². The molecule has 0 bridgehead atoms. The van der Waals surface area contributed by atoms with Crippen LogP contribution in [0.5, 0.6) is 0 Å². The van der Waals surface area contributed by atoms with Gasteiger partial charge in [0.15, 0.2) is 0 Å². The molecule has 0 saturated carbocycles. The molecular formula is C9H22N2O2. The highest BCUT2D eigenvalue weighted by molar-refractivity contribution is 4.81. The Morgan fingerprint density at radius 1 is 1.38 bits per heavy atom. The summed E-state index contributed by atoms with van der Waals surface area (Å²) >= 11 is 0. The molecule has 0 radical (unpaired) electrons. The lowest BCUT2D eigenvalue weighted by Crippen LogP contribution is -2.27. The monoisotopic (exact) mass is 190 g/mol. The first-order valence-corrected chi connectivity index (χ1v) is 4.57. The van der Waals surface area contributed by atoms with E-state index >= 15 is 0 Å². The summed E-state index contributed by atoms with van der Waals surface area (Å²) in [5, 5.41) is 17.7. The van der Waals surface area contributed by atoms with Gasteiger partial charge in [-0.25, -0.2) is 0 Å². The van der Waals surface area contributed by atoms with E-state index in [2.05, 4.69) is 0 Å². The number of aliphatic hydroxyl groups is 2. The summed E-state index contributed by atoms with van der Waals surface area (Å²) in [6.45, 7) is 0.860. The topological polar surface area (TPSA) is 46.9 Å². The fourth-order valence-corrected chi connectivity index (χ4v) is 1.26. The minimum atomic E-state index is -0.229. The molecule has 2 N–H and O–H groups in total. The third kappa shape index (κ3) is 5.99. The van der Waals surface area contributed by atoms with E-state index in [0.29, 0.717) is 13.0 Å². The van der Waals surface area contributed by atoms with Crippen molar-refractivity contribution in [2.24, 2.45) is 0 Å². The van der Waals surface area contributed by atoms with Gasteiger partial charge in [0, 0.05) is 12.6 Å². The predicted molar refractivity (Wildman–Crippen MR) is 53.7 cm³/mol. The summed E-state index contributed by atoms with van der Waals surface area (Å²) in [5.74, 6) is 0. The van der Waals surface area contributed by atoms with Crippen molar-refractivity contribution in [3.05, 3.63) is 0 Å². The van der Waals surface area contributed by atoms with E-state index in [4.69, 9.17) is 10.2 Å². The molecule has 1 fully saturated rings. The highest BCUT2D eigenvalue weighted by atomic mass is 16.3. The second kappa shape index (κ2) is 6.32. The Morgan fingerprint density at radius 3 is 2.00 bits per heavy atom. The van der Waals surface area contributed by atoms with Gasteiger partial charge in [-0.3, -0.25) is 4.90 Å². The van der Waals surface area contributed by atoms with E-state index in [1.54, 1.807) is 0 Å². The molecule has 1 aliphatic heterocycles. The third-order valence-corrected chi connectivity index (χ3v) is 1.88. The van der Waals surface area contributed by atoms with Gasteiger partial charge in [-0.15, -0.1) is 0 Å². The number of hydrogen-bond donors (Lipinski definition) is 2. The molecule has 80 valence electrons. The zero-order valence-electron chi connectivity index (χ0n) is 9.06. The van der Waals surface area contributed by atoms with E-state index in [1.165, 1.54) is 0 Å². The van der Waals surface area contributed by atoms with Crippen LogP contribution in [0.4, 0.5) is 0 Å². The zero-order valence-corrected chi connectivity index (χ0v) is 9.06. The number of nitrogens with zero attached hydrogens (tertiary/aromatic N) is 2. The van der Waals surface area contributed by atoms with Crippen LogP contribution in [0.2, 0.25) is 0 Å². The first-order chi connectivity index (χ1) is 5.97. The van der Waals surface area contributed by atoms with Crippen LogP contribution in [0.25, 0.3) is 0 Å². The van der Waals surface area contributed by atoms with Crippen LogP contribution in [0, 0.1) is 0 Å². The number of likely N-dealkylation sites (N-methyl/N-ethyl adjacent to an activating group) is 1. The lowest BCUT2D eigenvalue weighted by molar-refractivity contribution is 0.180. The Morgan fingerprint density at radius 2 is 1.85 bits per heavy atom. The Kier molecular flexibility index (Phi) is 6.24. The van der Waals surface area contributed by atoms with Crippen molar-refractivity contribution in [3.63, 3.8) is 0 Å². The largest absolute Gasteiger partial charge is 0.395 e. The fourth-order valence-electron chi connectivity index (χ4n) is 1.26. The van der Waals surface area contributed by atoms with E-state index < -0.39 is 0 Å². The van der Waals surface area contributed by atoms with Crippen LogP contribution in [-0.2, 0) is 0 Å². The SMILES string of the molecule is CN(C)C.CN1CC(O)CC1CO. The molecule has 0 aromatic rings. The molecule has 1 rings (SSSR count). The number of aliphatic hydroxyl groups excluding tert-OH is 2. The summed E-state index contributed by atoms with van der Waals surface area (Å²) in [5.41, 5.74) is 0. The zero-order chi connectivity index (χ0) is 10.4. The Hall–Kier alpha value is -0.160. The predicted octanol–water partition coefficient (Wildman–Crippen LogP) is -0.778. The van der Waals surface area contributed by atoms with Gasteiger partial charge >= 0.3 is 0 Å². The molecule has 0 aliphatic carbocycles. The van der Waals surface area contributed by atoms with Crippen LogP contribution >= 0.6 is 0 Å². The number of β-amino-alcohol motifs (C(OH)–C–C–N with tert-alkyl or cyclic N) is 1. The average Bonchev–Trinajstić information content (AvgIpc) is 2.28. The van der Waals surface area contributed by atoms with Crippen molar-refractivity contribution in [1.29, 1.82) is 0 Å². The van der Waals surface area contributed by atoms with Crippen molar-refractivity contribution >= 4 is 0 Å². The molecule has 13 heavy (non-hydrogen) atoms. The van der Waals surface area contributed by atoms with E-state index in [1.807, 2.05) is 38.0 Å². The lowest BCUT2D eigenvalue weighted by Gasteiger charge is -2.14. The molecule has 1 saturated heterocycles. The van der Waals surface area contributed by atoms with Crippen LogP contribution in [0.3, 0.4) is 0 Å². The van der Waals surface area contributed by atoms with E-state index in [9.17, 15) is 0 Å². The van der Waals surface area contributed by atoms with Gasteiger partial charge in [0.05, 0.1) is 12.7 Å². The lowest BCUT2D eigenvalue weighted by atomic mass is 10.2. The molecule has 2 unspecified atom stereocenters. The van der Waals surface area contributed by atoms with Crippen molar-refractivity contribution in [2.45, 2.75) is 18.6 Å². The van der Waals surface area contributed by atoms with Crippen LogP contribution < -0.4 is 0 Å². The third-order valence-electron chi connectivity index (χ3n) is 1.88. The smallest absolute Gasteiger partial charge is 0.0682 e. The molecular weight excluding hydrogens is 168 g/mol. The normalized spacial score (nSPS) is 28.8. The average molecular weight is 190 g/mol. The second-order valence-electron chi connectivity index (χ2n) is 4.01.